The lowest BCUT2D eigenvalue weighted by Crippen LogP contribution is -2.36. The fourth-order valence-electron chi connectivity index (χ4n) is 3.64. The fourth-order valence-corrected chi connectivity index (χ4v) is 4.59. The van der Waals surface area contributed by atoms with Crippen LogP contribution in [0.5, 0.6) is 11.5 Å². The summed E-state index contributed by atoms with van der Waals surface area (Å²) in [7, 11) is 1.52. The van der Waals surface area contributed by atoms with Crippen LogP contribution < -0.4 is 14.8 Å². The van der Waals surface area contributed by atoms with Crippen molar-refractivity contribution in [3.8, 4) is 11.5 Å². The molecule has 3 aromatic rings. The third kappa shape index (κ3) is 6.34. The number of nitrogens with one attached hydrogen (secondary N) is 1. The second kappa shape index (κ2) is 11.5. The molecule has 3 aromatic carbocycles. The molecule has 1 heterocycles. The SMILES string of the molecule is COc1cccc(/C=C2/SC(=O)N(CC(=O)Nc3ccc(C)c(C)c3)C2=O)c1OCc1ccc(Cl)cc1. The molecule has 1 N–H and O–H groups in total. The summed E-state index contributed by atoms with van der Waals surface area (Å²) in [5.74, 6) is -0.0918. The summed E-state index contributed by atoms with van der Waals surface area (Å²) < 4.78 is 11.5. The monoisotopic (exact) mass is 536 g/mol. The Morgan fingerprint density at radius 1 is 1.05 bits per heavy atom. The second-order valence-electron chi connectivity index (χ2n) is 8.41. The zero-order chi connectivity index (χ0) is 26.5. The topological polar surface area (TPSA) is 84.9 Å². The largest absolute Gasteiger partial charge is 0.493 e. The molecular weight excluding hydrogens is 512 g/mol. The number of hydrogen-bond donors (Lipinski definition) is 1. The van der Waals surface area contributed by atoms with Gasteiger partial charge in [-0.3, -0.25) is 19.3 Å². The number of carbonyl (C=O) groups excluding carboxylic acids is 3. The van der Waals surface area contributed by atoms with E-state index in [1.165, 1.54) is 7.11 Å². The van der Waals surface area contributed by atoms with Crippen LogP contribution in [0.15, 0.2) is 65.6 Å². The molecule has 7 nitrogen and oxygen atoms in total. The minimum absolute atomic E-state index is 0.188. The average Bonchev–Trinajstić information content (AvgIpc) is 3.13. The number of hydrogen-bond acceptors (Lipinski definition) is 6. The second-order valence-corrected chi connectivity index (χ2v) is 9.84. The van der Waals surface area contributed by atoms with Crippen molar-refractivity contribution in [1.82, 2.24) is 4.90 Å². The summed E-state index contributed by atoms with van der Waals surface area (Å²) in [6, 6.07) is 18.0. The summed E-state index contributed by atoms with van der Waals surface area (Å²) in [4.78, 5) is 39.3. The molecule has 0 bridgehead atoms. The number of benzene rings is 3. The summed E-state index contributed by atoms with van der Waals surface area (Å²) >= 11 is 6.73. The molecule has 1 saturated heterocycles. The van der Waals surface area contributed by atoms with Crippen molar-refractivity contribution in [2.75, 3.05) is 19.0 Å². The number of methoxy groups -OCH3 is 1. The van der Waals surface area contributed by atoms with Gasteiger partial charge in [-0.15, -0.1) is 0 Å². The van der Waals surface area contributed by atoms with Gasteiger partial charge in [0.05, 0.1) is 12.0 Å². The maximum atomic E-state index is 13.0. The van der Waals surface area contributed by atoms with Crippen LogP contribution in [0, 0.1) is 13.8 Å². The number of anilines is 1. The van der Waals surface area contributed by atoms with Crippen molar-refractivity contribution >= 4 is 52.2 Å². The number of halogens is 1. The van der Waals surface area contributed by atoms with E-state index in [-0.39, 0.29) is 18.1 Å². The lowest BCUT2D eigenvalue weighted by Gasteiger charge is -2.14. The van der Waals surface area contributed by atoms with Crippen molar-refractivity contribution in [2.24, 2.45) is 0 Å². The third-order valence-corrected chi connectivity index (χ3v) is 6.94. The fraction of sp³-hybridized carbons (Fsp3) is 0.179. The summed E-state index contributed by atoms with van der Waals surface area (Å²) in [5, 5.41) is 2.85. The van der Waals surface area contributed by atoms with Crippen LogP contribution in [0.4, 0.5) is 10.5 Å². The molecule has 0 unspecified atom stereocenters. The van der Waals surface area contributed by atoms with Gasteiger partial charge >= 0.3 is 0 Å². The molecule has 0 atom stereocenters. The number of thioether (sulfide) groups is 1. The molecule has 9 heteroatoms. The molecule has 1 fully saturated rings. The Balaban J connectivity index is 1.50. The van der Waals surface area contributed by atoms with E-state index < -0.39 is 17.1 Å². The molecule has 1 aliphatic rings. The lowest BCUT2D eigenvalue weighted by atomic mass is 10.1. The Morgan fingerprint density at radius 2 is 1.81 bits per heavy atom. The number of para-hydroxylation sites is 1. The minimum atomic E-state index is -0.545. The minimum Gasteiger partial charge on any atom is -0.493 e. The molecule has 3 amide bonds. The molecule has 190 valence electrons. The van der Waals surface area contributed by atoms with Crippen molar-refractivity contribution in [3.05, 3.63) is 92.8 Å². The lowest BCUT2D eigenvalue weighted by molar-refractivity contribution is -0.127. The predicted octanol–water partition coefficient (Wildman–Crippen LogP) is 6.22. The highest BCUT2D eigenvalue weighted by Gasteiger charge is 2.36. The molecule has 37 heavy (non-hydrogen) atoms. The Hall–Kier alpha value is -3.75. The van der Waals surface area contributed by atoms with Crippen molar-refractivity contribution in [1.29, 1.82) is 0 Å². The number of imide groups is 1. The van der Waals surface area contributed by atoms with Crippen LogP contribution in [-0.4, -0.2) is 35.6 Å². The summed E-state index contributed by atoms with van der Waals surface area (Å²) in [5.41, 5.74) is 4.20. The van der Waals surface area contributed by atoms with E-state index in [1.54, 1.807) is 42.5 Å². The Morgan fingerprint density at radius 3 is 2.51 bits per heavy atom. The molecular formula is C28H25ClN2O5S. The molecule has 4 rings (SSSR count). The van der Waals surface area contributed by atoms with E-state index in [0.717, 1.165) is 33.4 Å². The van der Waals surface area contributed by atoms with E-state index >= 15 is 0 Å². The highest BCUT2D eigenvalue weighted by Crippen LogP contribution is 2.37. The maximum absolute atomic E-state index is 13.0. The van der Waals surface area contributed by atoms with Gasteiger partial charge < -0.3 is 14.8 Å². The predicted molar refractivity (Wildman–Crippen MR) is 146 cm³/mol. The first kappa shape index (κ1) is 26.3. The number of amides is 3. The van der Waals surface area contributed by atoms with E-state index in [4.69, 9.17) is 21.1 Å². The average molecular weight is 537 g/mol. The molecule has 0 radical (unpaired) electrons. The third-order valence-electron chi connectivity index (χ3n) is 5.78. The van der Waals surface area contributed by atoms with Gasteiger partial charge in [0.15, 0.2) is 11.5 Å². The van der Waals surface area contributed by atoms with Gasteiger partial charge in [0.2, 0.25) is 5.91 Å². The van der Waals surface area contributed by atoms with Crippen molar-refractivity contribution < 1.29 is 23.9 Å². The zero-order valence-corrected chi connectivity index (χ0v) is 22.1. The van der Waals surface area contributed by atoms with Gasteiger partial charge in [0, 0.05) is 16.3 Å². The van der Waals surface area contributed by atoms with Gasteiger partial charge in [-0.05, 0) is 78.7 Å². The molecule has 0 aromatic heterocycles. The smallest absolute Gasteiger partial charge is 0.294 e. The quantitative estimate of drug-likeness (QED) is 0.344. The maximum Gasteiger partial charge on any atom is 0.294 e. The van der Waals surface area contributed by atoms with E-state index in [0.29, 0.717) is 27.8 Å². The Kier molecular flexibility index (Phi) is 8.21. The van der Waals surface area contributed by atoms with Crippen LogP contribution in [0.25, 0.3) is 6.08 Å². The van der Waals surface area contributed by atoms with Crippen LogP contribution in [0.2, 0.25) is 5.02 Å². The van der Waals surface area contributed by atoms with Crippen LogP contribution in [-0.2, 0) is 16.2 Å². The highest BCUT2D eigenvalue weighted by atomic mass is 35.5. The standard InChI is InChI=1S/C28H25ClN2O5S/c1-17-7-12-22(13-18(17)2)30-25(32)15-31-27(33)24(37-28(31)34)14-20-5-4-6-23(35-3)26(20)36-16-19-8-10-21(29)11-9-19/h4-14H,15-16H2,1-3H3,(H,30,32)/b24-14+. The van der Waals surface area contributed by atoms with Gasteiger partial charge in [0.1, 0.15) is 13.2 Å². The number of carbonyl (C=O) groups is 3. The summed E-state index contributed by atoms with van der Waals surface area (Å²) in [6.07, 6.45) is 1.58. The molecule has 0 spiro atoms. The van der Waals surface area contributed by atoms with E-state index in [1.807, 2.05) is 38.1 Å². The summed E-state index contributed by atoms with van der Waals surface area (Å²) in [6.45, 7) is 3.79. The van der Waals surface area contributed by atoms with Gasteiger partial charge in [0.25, 0.3) is 11.1 Å². The number of rotatable bonds is 8. The van der Waals surface area contributed by atoms with E-state index in [9.17, 15) is 14.4 Å². The molecule has 1 aliphatic heterocycles. The van der Waals surface area contributed by atoms with Gasteiger partial charge in [-0.1, -0.05) is 41.9 Å². The normalized spacial score (nSPS) is 14.3. The molecule has 0 saturated carbocycles. The van der Waals surface area contributed by atoms with Crippen molar-refractivity contribution in [2.45, 2.75) is 20.5 Å². The Bertz CT molecular complexity index is 1390. The zero-order valence-electron chi connectivity index (χ0n) is 20.5. The van der Waals surface area contributed by atoms with Crippen molar-refractivity contribution in [3.63, 3.8) is 0 Å². The van der Waals surface area contributed by atoms with Crippen LogP contribution in [0.1, 0.15) is 22.3 Å². The first-order valence-corrected chi connectivity index (χ1v) is 12.6. The van der Waals surface area contributed by atoms with Gasteiger partial charge in [-0.25, -0.2) is 0 Å². The van der Waals surface area contributed by atoms with Crippen LogP contribution in [0.3, 0.4) is 0 Å². The first-order chi connectivity index (χ1) is 17.7. The molecule has 0 aliphatic carbocycles. The first-order valence-electron chi connectivity index (χ1n) is 11.4. The Labute approximate surface area is 224 Å². The van der Waals surface area contributed by atoms with Gasteiger partial charge in [-0.2, -0.15) is 0 Å². The number of nitrogens with zero attached hydrogens (tertiary/aromatic N) is 1. The highest BCUT2D eigenvalue weighted by molar-refractivity contribution is 8.18. The number of aryl methyl sites for hydroxylation is 2. The van der Waals surface area contributed by atoms with E-state index in [2.05, 4.69) is 5.32 Å². The van der Waals surface area contributed by atoms with Crippen LogP contribution >= 0.6 is 23.4 Å². The number of ether oxygens (including phenoxy) is 2.